The molecule has 4 heteroatoms. The van der Waals surface area contributed by atoms with Crippen molar-refractivity contribution in [3.8, 4) is 5.75 Å². The first-order chi connectivity index (χ1) is 11.6. The quantitative estimate of drug-likeness (QED) is 0.919. The number of amides is 1. The molecule has 0 saturated heterocycles. The fourth-order valence-corrected chi connectivity index (χ4v) is 2.96. The maximum absolute atomic E-state index is 12.4. The van der Waals surface area contributed by atoms with E-state index >= 15 is 0 Å². The summed E-state index contributed by atoms with van der Waals surface area (Å²) in [6, 6.07) is 16.3. The fraction of sp³-hybridized carbons (Fsp3) is 0.350. The van der Waals surface area contributed by atoms with Crippen molar-refractivity contribution >= 4 is 5.91 Å². The van der Waals surface area contributed by atoms with E-state index in [1.54, 1.807) is 0 Å². The van der Waals surface area contributed by atoms with Crippen LogP contribution in [0.4, 0.5) is 0 Å². The monoisotopic (exact) mass is 324 g/mol. The molecule has 2 aromatic carbocycles. The van der Waals surface area contributed by atoms with Crippen LogP contribution in [0, 0.1) is 5.92 Å². The predicted octanol–water partition coefficient (Wildman–Crippen LogP) is 2.62. The van der Waals surface area contributed by atoms with Gasteiger partial charge in [0.25, 0.3) is 0 Å². The molecule has 1 amide bonds. The Kier molecular flexibility index (Phi) is 5.16. The van der Waals surface area contributed by atoms with Gasteiger partial charge in [0.15, 0.2) is 0 Å². The molecule has 2 aromatic rings. The van der Waals surface area contributed by atoms with Crippen molar-refractivity contribution in [2.45, 2.75) is 19.5 Å². The van der Waals surface area contributed by atoms with Crippen molar-refractivity contribution in [3.63, 3.8) is 0 Å². The zero-order chi connectivity index (χ0) is 16.9. The summed E-state index contributed by atoms with van der Waals surface area (Å²) in [7, 11) is 4.11. The summed E-state index contributed by atoms with van der Waals surface area (Å²) in [6.07, 6.45) is 0.740. The number of nitrogens with zero attached hydrogens (tertiary/aromatic N) is 1. The summed E-state index contributed by atoms with van der Waals surface area (Å²) < 4.78 is 5.70. The molecule has 1 aliphatic rings. The molecule has 0 aromatic heterocycles. The van der Waals surface area contributed by atoms with E-state index in [0.717, 1.165) is 29.8 Å². The molecule has 0 unspecified atom stereocenters. The Morgan fingerprint density at radius 1 is 1.12 bits per heavy atom. The van der Waals surface area contributed by atoms with Gasteiger partial charge in [-0.15, -0.1) is 0 Å². The number of carbonyl (C=O) groups excluding carboxylic acids is 1. The van der Waals surface area contributed by atoms with Crippen LogP contribution in [0.1, 0.15) is 16.7 Å². The van der Waals surface area contributed by atoms with E-state index in [-0.39, 0.29) is 11.8 Å². The average Bonchev–Trinajstić information content (AvgIpc) is 2.60. The van der Waals surface area contributed by atoms with E-state index in [1.807, 2.05) is 24.3 Å². The smallest absolute Gasteiger partial charge is 0.227 e. The normalized spacial score (nSPS) is 16.4. The van der Waals surface area contributed by atoms with Crippen LogP contribution < -0.4 is 10.1 Å². The molecule has 1 N–H and O–H groups in total. The van der Waals surface area contributed by atoms with Crippen molar-refractivity contribution in [1.82, 2.24) is 10.2 Å². The van der Waals surface area contributed by atoms with Crippen molar-refractivity contribution in [2.24, 2.45) is 5.92 Å². The summed E-state index contributed by atoms with van der Waals surface area (Å²) in [5.41, 5.74) is 3.49. The molecular weight excluding hydrogens is 300 g/mol. The molecule has 0 saturated carbocycles. The molecule has 0 fully saturated rings. The van der Waals surface area contributed by atoms with Crippen LogP contribution in [0.3, 0.4) is 0 Å². The van der Waals surface area contributed by atoms with E-state index in [1.165, 1.54) is 5.56 Å². The Morgan fingerprint density at radius 2 is 1.83 bits per heavy atom. The largest absolute Gasteiger partial charge is 0.492 e. The van der Waals surface area contributed by atoms with Crippen LogP contribution in [0.2, 0.25) is 0 Å². The lowest BCUT2D eigenvalue weighted by atomic mass is 9.96. The number of fused-ring (bicyclic) bond motifs is 1. The van der Waals surface area contributed by atoms with Crippen LogP contribution in [0.5, 0.6) is 5.75 Å². The summed E-state index contributed by atoms with van der Waals surface area (Å²) in [6.45, 7) is 1.93. The topological polar surface area (TPSA) is 41.6 Å². The number of ether oxygens (including phenoxy) is 1. The van der Waals surface area contributed by atoms with Gasteiger partial charge in [0.2, 0.25) is 5.91 Å². The fourth-order valence-electron chi connectivity index (χ4n) is 2.96. The SMILES string of the molecule is CN(C)Cc1ccc(CNC(=O)[C@H]2COc3ccccc3C2)cc1. The van der Waals surface area contributed by atoms with Gasteiger partial charge in [-0.3, -0.25) is 4.79 Å². The van der Waals surface area contributed by atoms with Crippen LogP contribution in [-0.4, -0.2) is 31.5 Å². The van der Waals surface area contributed by atoms with Crippen LogP contribution in [0.15, 0.2) is 48.5 Å². The molecule has 0 bridgehead atoms. The molecule has 0 radical (unpaired) electrons. The molecular formula is C20H24N2O2. The highest BCUT2D eigenvalue weighted by Crippen LogP contribution is 2.26. The maximum Gasteiger partial charge on any atom is 0.227 e. The highest BCUT2D eigenvalue weighted by molar-refractivity contribution is 5.79. The minimum atomic E-state index is -0.118. The highest BCUT2D eigenvalue weighted by Gasteiger charge is 2.25. The third-order valence-electron chi connectivity index (χ3n) is 4.24. The second-order valence-electron chi connectivity index (χ2n) is 6.59. The molecule has 3 rings (SSSR count). The first kappa shape index (κ1) is 16.5. The lowest BCUT2D eigenvalue weighted by Gasteiger charge is -2.24. The second-order valence-corrected chi connectivity index (χ2v) is 6.59. The van der Waals surface area contributed by atoms with Crippen LogP contribution in [0.25, 0.3) is 0 Å². The van der Waals surface area contributed by atoms with Gasteiger partial charge in [0.05, 0.1) is 5.92 Å². The lowest BCUT2D eigenvalue weighted by Crippen LogP contribution is -2.37. The number of nitrogens with one attached hydrogen (secondary N) is 1. The molecule has 0 spiro atoms. The minimum Gasteiger partial charge on any atom is -0.492 e. The Balaban J connectivity index is 1.53. The van der Waals surface area contributed by atoms with E-state index in [2.05, 4.69) is 48.6 Å². The number of hydrogen-bond acceptors (Lipinski definition) is 3. The van der Waals surface area contributed by atoms with Gasteiger partial charge < -0.3 is 15.0 Å². The Hall–Kier alpha value is -2.33. The molecule has 0 aliphatic carbocycles. The Morgan fingerprint density at radius 3 is 2.58 bits per heavy atom. The van der Waals surface area contributed by atoms with Crippen LogP contribution >= 0.6 is 0 Å². The van der Waals surface area contributed by atoms with Crippen molar-refractivity contribution in [3.05, 3.63) is 65.2 Å². The third kappa shape index (κ3) is 4.15. The molecule has 24 heavy (non-hydrogen) atoms. The summed E-state index contributed by atoms with van der Waals surface area (Å²) in [4.78, 5) is 14.5. The van der Waals surface area contributed by atoms with Gasteiger partial charge in [-0.05, 0) is 43.3 Å². The number of rotatable bonds is 5. The van der Waals surface area contributed by atoms with Gasteiger partial charge in [-0.1, -0.05) is 42.5 Å². The summed E-state index contributed by atoms with van der Waals surface area (Å²) >= 11 is 0. The van der Waals surface area contributed by atoms with E-state index in [9.17, 15) is 4.79 Å². The van der Waals surface area contributed by atoms with Gasteiger partial charge in [-0.2, -0.15) is 0 Å². The van der Waals surface area contributed by atoms with Crippen LogP contribution in [-0.2, 0) is 24.3 Å². The lowest BCUT2D eigenvalue weighted by molar-refractivity contribution is -0.126. The number of benzene rings is 2. The maximum atomic E-state index is 12.4. The summed E-state index contributed by atoms with van der Waals surface area (Å²) in [5, 5.41) is 3.03. The van der Waals surface area contributed by atoms with Crippen molar-refractivity contribution in [1.29, 1.82) is 0 Å². The molecule has 1 atom stereocenters. The van der Waals surface area contributed by atoms with Gasteiger partial charge >= 0.3 is 0 Å². The third-order valence-corrected chi connectivity index (χ3v) is 4.24. The molecule has 126 valence electrons. The number of carbonyl (C=O) groups is 1. The number of para-hydroxylation sites is 1. The zero-order valence-corrected chi connectivity index (χ0v) is 14.3. The van der Waals surface area contributed by atoms with E-state index < -0.39 is 0 Å². The average molecular weight is 324 g/mol. The van der Waals surface area contributed by atoms with Gasteiger partial charge in [0.1, 0.15) is 12.4 Å². The standard InChI is InChI=1S/C20H24N2O2/c1-22(2)13-16-9-7-15(8-10-16)12-21-20(23)18-11-17-5-3-4-6-19(17)24-14-18/h3-10,18H,11-14H2,1-2H3,(H,21,23)/t18-/m1/s1. The molecule has 4 nitrogen and oxygen atoms in total. The number of hydrogen-bond donors (Lipinski definition) is 1. The molecule has 1 heterocycles. The summed E-state index contributed by atoms with van der Waals surface area (Å²) in [5.74, 6) is 0.841. The Labute approximate surface area is 143 Å². The minimum absolute atomic E-state index is 0.0573. The first-order valence-corrected chi connectivity index (χ1v) is 8.33. The van der Waals surface area contributed by atoms with E-state index in [0.29, 0.717) is 13.2 Å². The van der Waals surface area contributed by atoms with E-state index in [4.69, 9.17) is 4.74 Å². The van der Waals surface area contributed by atoms with Gasteiger partial charge in [0, 0.05) is 13.1 Å². The van der Waals surface area contributed by atoms with Crippen molar-refractivity contribution in [2.75, 3.05) is 20.7 Å². The van der Waals surface area contributed by atoms with Crippen molar-refractivity contribution < 1.29 is 9.53 Å². The highest BCUT2D eigenvalue weighted by atomic mass is 16.5. The zero-order valence-electron chi connectivity index (χ0n) is 14.3. The first-order valence-electron chi connectivity index (χ1n) is 8.33. The predicted molar refractivity (Wildman–Crippen MR) is 94.8 cm³/mol. The second kappa shape index (κ2) is 7.49. The van der Waals surface area contributed by atoms with Gasteiger partial charge in [-0.25, -0.2) is 0 Å². The molecule has 1 aliphatic heterocycles. The Bertz CT molecular complexity index is 695.